The molecule has 18 heavy (non-hydrogen) atoms. The molecule has 0 radical (unpaired) electrons. The second kappa shape index (κ2) is 6.67. The van der Waals surface area contributed by atoms with E-state index >= 15 is 0 Å². The van der Waals surface area contributed by atoms with Crippen molar-refractivity contribution in [3.8, 4) is 0 Å². The van der Waals surface area contributed by atoms with Gasteiger partial charge < -0.3 is 9.72 Å². The maximum Gasteiger partial charge on any atom is 0.260 e. The number of H-pyrrole nitrogens is 1. The van der Waals surface area contributed by atoms with Crippen molar-refractivity contribution in [1.82, 2.24) is 9.97 Å². The number of nitrogens with one attached hydrogen (secondary N) is 1. The quantitative estimate of drug-likeness (QED) is 0.654. The Labute approximate surface area is 114 Å². The topological polar surface area (TPSA) is 72.0 Å². The van der Waals surface area contributed by atoms with E-state index in [0.29, 0.717) is 32.1 Å². The van der Waals surface area contributed by atoms with Crippen molar-refractivity contribution in [3.05, 3.63) is 21.1 Å². The number of thiophene rings is 1. The van der Waals surface area contributed by atoms with Crippen molar-refractivity contribution < 1.29 is 9.53 Å². The molecule has 5 nitrogen and oxygen atoms in total. The molecule has 2 rings (SSSR count). The van der Waals surface area contributed by atoms with Gasteiger partial charge in [0, 0.05) is 13.7 Å². The number of rotatable bonds is 2. The molecule has 2 aromatic heterocycles. The summed E-state index contributed by atoms with van der Waals surface area (Å²) in [6.07, 6.45) is 0.693. The minimum absolute atomic E-state index is 0.248. The van der Waals surface area contributed by atoms with Gasteiger partial charge in [-0.15, -0.1) is 24.0 Å². The molecular weight excluding hydrogens is 272 g/mol. The van der Waals surface area contributed by atoms with Crippen molar-refractivity contribution in [1.29, 1.82) is 0 Å². The van der Waals surface area contributed by atoms with Crippen LogP contribution in [0.1, 0.15) is 22.4 Å². The number of thiol groups is 1. The van der Waals surface area contributed by atoms with Crippen LogP contribution >= 0.6 is 24.0 Å². The van der Waals surface area contributed by atoms with Gasteiger partial charge in [-0.2, -0.15) is 0 Å². The van der Waals surface area contributed by atoms with Gasteiger partial charge in [0.1, 0.15) is 11.3 Å². The van der Waals surface area contributed by atoms with Crippen molar-refractivity contribution in [3.63, 3.8) is 0 Å². The summed E-state index contributed by atoms with van der Waals surface area (Å²) in [6.45, 7) is 4.45. The first-order valence-corrected chi connectivity index (χ1v) is 6.48. The van der Waals surface area contributed by atoms with Crippen LogP contribution in [-0.4, -0.2) is 30.0 Å². The molecule has 0 unspecified atom stereocenters. The van der Waals surface area contributed by atoms with Gasteiger partial charge in [-0.3, -0.25) is 9.59 Å². The van der Waals surface area contributed by atoms with E-state index in [1.54, 1.807) is 14.0 Å². The fraction of sp³-hybridized carbons (Fsp3) is 0.364. The van der Waals surface area contributed by atoms with E-state index in [0.717, 1.165) is 17.9 Å². The molecule has 0 spiro atoms. The monoisotopic (exact) mass is 286 g/mol. The lowest BCUT2D eigenvalue weighted by molar-refractivity contribution is 0.112. The molecule has 0 bridgehead atoms. The van der Waals surface area contributed by atoms with E-state index in [1.807, 2.05) is 6.92 Å². The van der Waals surface area contributed by atoms with E-state index < -0.39 is 0 Å². The first-order valence-electron chi connectivity index (χ1n) is 5.21. The Kier molecular flexibility index (Phi) is 5.52. The van der Waals surface area contributed by atoms with Crippen molar-refractivity contribution in [2.75, 3.05) is 13.7 Å². The minimum atomic E-state index is -0.248. The maximum atomic E-state index is 11.5. The predicted molar refractivity (Wildman–Crippen MR) is 75.2 cm³/mol. The van der Waals surface area contributed by atoms with Crippen LogP contribution in [0.3, 0.4) is 0 Å². The summed E-state index contributed by atoms with van der Waals surface area (Å²) in [5.74, 6) is 0.497. The van der Waals surface area contributed by atoms with E-state index in [9.17, 15) is 9.59 Å². The van der Waals surface area contributed by atoms with Gasteiger partial charge in [0.15, 0.2) is 6.29 Å². The number of fused-ring (bicyclic) bond motifs is 1. The van der Waals surface area contributed by atoms with Crippen LogP contribution in [0.15, 0.2) is 9.00 Å². The van der Waals surface area contributed by atoms with Crippen LogP contribution in [0.2, 0.25) is 0 Å². The second-order valence-corrected chi connectivity index (χ2v) is 5.14. The molecule has 7 heteroatoms. The molecule has 98 valence electrons. The zero-order chi connectivity index (χ0) is 13.7. The number of hydrogen-bond acceptors (Lipinski definition) is 6. The van der Waals surface area contributed by atoms with Crippen molar-refractivity contribution in [2.45, 2.75) is 18.1 Å². The molecule has 2 heterocycles. The molecule has 0 saturated heterocycles. The van der Waals surface area contributed by atoms with Crippen molar-refractivity contribution in [2.24, 2.45) is 0 Å². The van der Waals surface area contributed by atoms with Crippen LogP contribution in [0, 0.1) is 6.92 Å². The number of carbonyl (C=O) groups excluding carboxylic acids is 1. The number of aryl methyl sites for hydroxylation is 1. The number of nitrogens with zero attached hydrogens (tertiary/aromatic N) is 1. The molecular formula is C11H14N2O3S2. The summed E-state index contributed by atoms with van der Waals surface area (Å²) in [7, 11) is 1.68. The number of aromatic nitrogens is 2. The number of ether oxygens (including phenoxy) is 1. The third-order valence-corrected chi connectivity index (χ3v) is 3.49. The fourth-order valence-corrected chi connectivity index (χ4v) is 2.54. The fourth-order valence-electron chi connectivity index (χ4n) is 1.25. The minimum Gasteiger partial charge on any atom is -0.385 e. The molecule has 0 amide bonds. The molecule has 0 saturated carbocycles. The lowest BCUT2D eigenvalue weighted by Crippen LogP contribution is -2.09. The lowest BCUT2D eigenvalue weighted by Gasteiger charge is -1.93. The summed E-state index contributed by atoms with van der Waals surface area (Å²) in [5.41, 5.74) is 0.193. The Bertz CT molecular complexity index is 602. The van der Waals surface area contributed by atoms with Gasteiger partial charge in [-0.25, -0.2) is 4.98 Å². The molecule has 0 fully saturated rings. The van der Waals surface area contributed by atoms with E-state index in [4.69, 9.17) is 0 Å². The zero-order valence-electron chi connectivity index (χ0n) is 10.3. The van der Waals surface area contributed by atoms with E-state index in [1.165, 1.54) is 0 Å². The van der Waals surface area contributed by atoms with Gasteiger partial charge in [0.05, 0.1) is 14.5 Å². The standard InChI is InChI=1S/C8H6N2O2S2.C3H8O/c1-3-9-6-4(2-11)14-8(13)5(6)7(12)10-3;1-3-4-2/h2,13H,1H3,(H,9,10,12);3H2,1-2H3. The van der Waals surface area contributed by atoms with Gasteiger partial charge in [-0.05, 0) is 13.8 Å². The summed E-state index contributed by atoms with van der Waals surface area (Å²) in [4.78, 5) is 29.3. The third-order valence-electron chi connectivity index (χ3n) is 2.09. The summed E-state index contributed by atoms with van der Waals surface area (Å²) >= 11 is 5.29. The highest BCUT2D eigenvalue weighted by molar-refractivity contribution is 7.83. The van der Waals surface area contributed by atoms with Gasteiger partial charge in [-0.1, -0.05) is 0 Å². The number of hydrogen-bond donors (Lipinski definition) is 2. The maximum absolute atomic E-state index is 11.5. The van der Waals surface area contributed by atoms with Crippen LogP contribution in [0.5, 0.6) is 0 Å². The first-order chi connectivity index (χ1) is 8.54. The average molecular weight is 286 g/mol. The van der Waals surface area contributed by atoms with Crippen LogP contribution in [0.4, 0.5) is 0 Å². The number of carbonyl (C=O) groups is 1. The Morgan fingerprint density at radius 2 is 2.17 bits per heavy atom. The average Bonchev–Trinajstić information content (AvgIpc) is 2.66. The van der Waals surface area contributed by atoms with Crippen LogP contribution in [-0.2, 0) is 4.74 Å². The summed E-state index contributed by atoms with van der Waals surface area (Å²) in [5, 5.41) is 0.394. The highest BCUT2D eigenvalue weighted by Gasteiger charge is 2.13. The Morgan fingerprint density at radius 3 is 2.67 bits per heavy atom. The molecule has 0 atom stereocenters. The van der Waals surface area contributed by atoms with Gasteiger partial charge in [0.2, 0.25) is 0 Å². The Balaban J connectivity index is 0.000000357. The Hall–Kier alpha value is -1.18. The second-order valence-electron chi connectivity index (χ2n) is 3.34. The largest absolute Gasteiger partial charge is 0.385 e. The van der Waals surface area contributed by atoms with E-state index in [-0.39, 0.29) is 5.56 Å². The third kappa shape index (κ3) is 3.18. The zero-order valence-corrected chi connectivity index (χ0v) is 12.0. The van der Waals surface area contributed by atoms with E-state index in [2.05, 4.69) is 27.3 Å². The molecule has 2 aromatic rings. The molecule has 1 N–H and O–H groups in total. The van der Waals surface area contributed by atoms with Gasteiger partial charge >= 0.3 is 0 Å². The number of aromatic amines is 1. The molecule has 0 aliphatic carbocycles. The normalized spacial score (nSPS) is 10.0. The SMILES string of the molecule is CCOC.Cc1nc2c(C=O)sc(S)c2c(=O)[nH]1. The molecule has 0 aromatic carbocycles. The smallest absolute Gasteiger partial charge is 0.260 e. The van der Waals surface area contributed by atoms with Gasteiger partial charge in [0.25, 0.3) is 5.56 Å². The summed E-state index contributed by atoms with van der Waals surface area (Å²) in [6, 6.07) is 0. The van der Waals surface area contributed by atoms with Crippen LogP contribution < -0.4 is 5.56 Å². The Morgan fingerprint density at radius 1 is 1.56 bits per heavy atom. The van der Waals surface area contributed by atoms with Crippen LogP contribution in [0.25, 0.3) is 10.9 Å². The lowest BCUT2D eigenvalue weighted by atomic mass is 10.3. The summed E-state index contributed by atoms with van der Waals surface area (Å²) < 4.78 is 5.07. The highest BCUT2D eigenvalue weighted by Crippen LogP contribution is 2.28. The highest BCUT2D eigenvalue weighted by atomic mass is 32.2. The van der Waals surface area contributed by atoms with Crippen molar-refractivity contribution >= 4 is 41.2 Å². The number of aldehydes is 1. The number of methoxy groups -OCH3 is 1. The molecule has 0 aliphatic heterocycles. The molecule has 0 aliphatic rings. The predicted octanol–water partition coefficient (Wildman–Crippen LogP) is 2.05. The first kappa shape index (κ1) is 14.9.